The van der Waals surface area contributed by atoms with Crippen LogP contribution in [0.2, 0.25) is 0 Å². The molecule has 2 rings (SSSR count). The summed E-state index contributed by atoms with van der Waals surface area (Å²) in [5.74, 6) is -0.109. The first kappa shape index (κ1) is 22.5. The van der Waals surface area contributed by atoms with Gasteiger partial charge in [0, 0.05) is 5.56 Å². The molecule has 156 valence electrons. The van der Waals surface area contributed by atoms with Crippen molar-refractivity contribution in [2.24, 2.45) is 0 Å². The summed E-state index contributed by atoms with van der Waals surface area (Å²) < 4.78 is 38.4. The molecule has 0 aliphatic rings. The number of hydrazine groups is 1. The molecule has 11 heteroatoms. The van der Waals surface area contributed by atoms with E-state index >= 15 is 0 Å². The summed E-state index contributed by atoms with van der Waals surface area (Å²) in [5.41, 5.74) is 4.56. The molecule has 29 heavy (non-hydrogen) atoms. The van der Waals surface area contributed by atoms with Crippen LogP contribution >= 0.6 is 15.9 Å². The molecule has 0 spiro atoms. The van der Waals surface area contributed by atoms with Crippen LogP contribution in [0.5, 0.6) is 5.75 Å². The Hall–Kier alpha value is -2.79. The molecule has 0 radical (unpaired) electrons. The largest absolute Gasteiger partial charge is 0.493 e. The van der Waals surface area contributed by atoms with Gasteiger partial charge in [0.05, 0.1) is 28.3 Å². The zero-order valence-corrected chi connectivity index (χ0v) is 18.1. The molecule has 0 saturated carbocycles. The fourth-order valence-corrected chi connectivity index (χ4v) is 3.79. The quantitative estimate of drug-likeness (QED) is 0.517. The first-order valence-corrected chi connectivity index (χ1v) is 10.8. The normalized spacial score (nSPS) is 10.7. The Bertz CT molecular complexity index is 997. The minimum absolute atomic E-state index is 0.0394. The van der Waals surface area contributed by atoms with Gasteiger partial charge in [-0.1, -0.05) is 6.07 Å². The molecule has 0 aliphatic heterocycles. The molecule has 2 aromatic rings. The van der Waals surface area contributed by atoms with Crippen molar-refractivity contribution < 1.29 is 27.5 Å². The minimum Gasteiger partial charge on any atom is -0.493 e. The first-order chi connectivity index (χ1) is 13.8. The maximum atomic E-state index is 12.7. The molecule has 0 aromatic heterocycles. The number of amides is 2. The number of halogens is 1. The van der Waals surface area contributed by atoms with Crippen LogP contribution in [0.1, 0.15) is 24.2 Å². The number of anilines is 1. The molecule has 2 amide bonds. The van der Waals surface area contributed by atoms with Crippen molar-refractivity contribution in [3.05, 3.63) is 52.5 Å². The Kier molecular flexibility index (Phi) is 7.85. The van der Waals surface area contributed by atoms with Crippen molar-refractivity contribution in [1.82, 2.24) is 10.9 Å². The predicted octanol–water partition coefficient (Wildman–Crippen LogP) is 3.04. The second kappa shape index (κ2) is 10.1. The van der Waals surface area contributed by atoms with Gasteiger partial charge in [-0.2, -0.15) is 0 Å². The van der Waals surface area contributed by atoms with E-state index in [1.165, 1.54) is 24.3 Å². The highest BCUT2D eigenvalue weighted by Crippen LogP contribution is 2.29. The van der Waals surface area contributed by atoms with E-state index < -0.39 is 22.0 Å². The average Bonchev–Trinajstić information content (AvgIpc) is 2.68. The number of sulfonamides is 1. The Morgan fingerprint density at radius 1 is 1.03 bits per heavy atom. The lowest BCUT2D eigenvalue weighted by molar-refractivity contribution is 0.0912. The van der Waals surface area contributed by atoms with Crippen molar-refractivity contribution >= 4 is 43.6 Å². The maximum absolute atomic E-state index is 12.7. The van der Waals surface area contributed by atoms with E-state index in [1.807, 2.05) is 6.92 Å². The van der Waals surface area contributed by atoms with E-state index in [-0.39, 0.29) is 17.1 Å². The number of ether oxygens (including phenoxy) is 2. The molecular weight excluding hydrogens is 466 g/mol. The minimum atomic E-state index is -3.95. The van der Waals surface area contributed by atoms with Crippen LogP contribution in [0, 0.1) is 0 Å². The van der Waals surface area contributed by atoms with Gasteiger partial charge < -0.3 is 9.47 Å². The van der Waals surface area contributed by atoms with Crippen molar-refractivity contribution in [1.29, 1.82) is 0 Å². The molecule has 9 nitrogen and oxygen atoms in total. The molecule has 0 unspecified atom stereocenters. The summed E-state index contributed by atoms with van der Waals surface area (Å²) in [5, 5.41) is 0. The van der Waals surface area contributed by atoms with Crippen molar-refractivity contribution in [3.63, 3.8) is 0 Å². The second-order valence-corrected chi connectivity index (χ2v) is 8.05. The molecule has 0 fully saturated rings. The Morgan fingerprint density at radius 3 is 2.45 bits per heavy atom. The standard InChI is InChI=1S/C18H20BrN3O6S/c1-3-27-16-9-8-13(11-15(16)19)22-29(25,26)14-7-5-6-12(10-14)17(23)20-21-18(24)28-4-2/h5-11,22H,3-4H2,1-2H3,(H,20,23)(H,21,24). The number of carbonyl (C=O) groups is 2. The van der Waals surface area contributed by atoms with E-state index in [0.717, 1.165) is 0 Å². The molecule has 3 N–H and O–H groups in total. The summed E-state index contributed by atoms with van der Waals surface area (Å²) >= 11 is 3.33. The lowest BCUT2D eigenvalue weighted by Gasteiger charge is -2.12. The molecule has 0 aliphatic carbocycles. The SMILES string of the molecule is CCOC(=O)NNC(=O)c1cccc(S(=O)(=O)Nc2ccc(OCC)c(Br)c2)c1. The average molecular weight is 486 g/mol. The fraction of sp³-hybridized carbons (Fsp3) is 0.222. The van der Waals surface area contributed by atoms with Crippen LogP contribution in [-0.4, -0.2) is 33.6 Å². The smallest absolute Gasteiger partial charge is 0.426 e. The van der Waals surface area contributed by atoms with Gasteiger partial charge in [0.25, 0.3) is 15.9 Å². The summed E-state index contributed by atoms with van der Waals surface area (Å²) in [6, 6.07) is 10.1. The molecule has 0 heterocycles. The van der Waals surface area contributed by atoms with Crippen LogP contribution in [0.4, 0.5) is 10.5 Å². The highest BCUT2D eigenvalue weighted by atomic mass is 79.9. The van der Waals surface area contributed by atoms with E-state index in [4.69, 9.17) is 4.74 Å². The van der Waals surface area contributed by atoms with Gasteiger partial charge in [-0.15, -0.1) is 0 Å². The van der Waals surface area contributed by atoms with Gasteiger partial charge in [-0.25, -0.2) is 18.6 Å². The number of hydrogen-bond donors (Lipinski definition) is 3. The lowest BCUT2D eigenvalue weighted by atomic mass is 10.2. The van der Waals surface area contributed by atoms with E-state index in [9.17, 15) is 18.0 Å². The van der Waals surface area contributed by atoms with Crippen LogP contribution in [0.25, 0.3) is 0 Å². The summed E-state index contributed by atoms with van der Waals surface area (Å²) in [6.07, 6.45) is -0.827. The predicted molar refractivity (Wildman–Crippen MR) is 110 cm³/mol. The van der Waals surface area contributed by atoms with Gasteiger partial charge in [-0.05, 0) is 66.2 Å². The summed E-state index contributed by atoms with van der Waals surface area (Å²) in [4.78, 5) is 23.2. The first-order valence-electron chi connectivity index (χ1n) is 8.55. The van der Waals surface area contributed by atoms with Gasteiger partial charge in [-0.3, -0.25) is 14.9 Å². The van der Waals surface area contributed by atoms with Gasteiger partial charge in [0.1, 0.15) is 5.75 Å². The number of hydrogen-bond acceptors (Lipinski definition) is 6. The van der Waals surface area contributed by atoms with Gasteiger partial charge >= 0.3 is 6.09 Å². The molecule has 0 bridgehead atoms. The Morgan fingerprint density at radius 2 is 1.79 bits per heavy atom. The van der Waals surface area contributed by atoms with Gasteiger partial charge in [0.15, 0.2) is 0 Å². The topological polar surface area (TPSA) is 123 Å². The number of benzene rings is 2. The Balaban J connectivity index is 2.15. The van der Waals surface area contributed by atoms with Crippen molar-refractivity contribution in [2.75, 3.05) is 17.9 Å². The summed E-state index contributed by atoms with van der Waals surface area (Å²) in [7, 11) is -3.95. The summed E-state index contributed by atoms with van der Waals surface area (Å²) in [6.45, 7) is 4.08. The van der Waals surface area contributed by atoms with E-state index in [2.05, 4.69) is 36.2 Å². The molecule has 2 aromatic carbocycles. The third kappa shape index (κ3) is 6.36. The molecule has 0 atom stereocenters. The van der Waals surface area contributed by atoms with Crippen molar-refractivity contribution in [3.8, 4) is 5.75 Å². The fourth-order valence-electron chi connectivity index (χ4n) is 2.20. The molecular formula is C18H20BrN3O6S. The zero-order valence-electron chi connectivity index (χ0n) is 15.7. The zero-order chi connectivity index (χ0) is 21.4. The Labute approximate surface area is 176 Å². The van der Waals surface area contributed by atoms with Crippen LogP contribution in [-0.2, 0) is 14.8 Å². The van der Waals surface area contributed by atoms with Crippen LogP contribution in [0.3, 0.4) is 0 Å². The third-order valence-corrected chi connectivity index (χ3v) is 5.44. The van der Waals surface area contributed by atoms with Gasteiger partial charge in [0.2, 0.25) is 0 Å². The monoisotopic (exact) mass is 485 g/mol. The van der Waals surface area contributed by atoms with E-state index in [0.29, 0.717) is 22.5 Å². The number of carbonyl (C=O) groups excluding carboxylic acids is 2. The number of rotatable bonds is 7. The maximum Gasteiger partial charge on any atom is 0.426 e. The second-order valence-electron chi connectivity index (χ2n) is 5.51. The van der Waals surface area contributed by atoms with E-state index in [1.54, 1.807) is 25.1 Å². The third-order valence-electron chi connectivity index (χ3n) is 3.44. The lowest BCUT2D eigenvalue weighted by Crippen LogP contribution is -2.41. The molecule has 0 saturated heterocycles. The highest BCUT2D eigenvalue weighted by Gasteiger charge is 2.17. The number of nitrogens with one attached hydrogen (secondary N) is 3. The van der Waals surface area contributed by atoms with Crippen LogP contribution < -0.4 is 20.3 Å². The highest BCUT2D eigenvalue weighted by molar-refractivity contribution is 9.10. The van der Waals surface area contributed by atoms with Crippen LogP contribution in [0.15, 0.2) is 51.8 Å². The van der Waals surface area contributed by atoms with Crippen molar-refractivity contribution in [2.45, 2.75) is 18.7 Å².